The second kappa shape index (κ2) is 9.83. The van der Waals surface area contributed by atoms with Crippen molar-refractivity contribution in [2.45, 2.75) is 22.5 Å². The molecule has 0 aliphatic rings. The third-order valence-electron chi connectivity index (χ3n) is 1.84. The van der Waals surface area contributed by atoms with Crippen LogP contribution in [-0.4, -0.2) is 59.2 Å². The van der Waals surface area contributed by atoms with Crippen LogP contribution in [0, 0.1) is 0 Å². The van der Waals surface area contributed by atoms with Crippen molar-refractivity contribution >= 4 is 74.9 Å². The van der Waals surface area contributed by atoms with Crippen LogP contribution in [0.3, 0.4) is 0 Å². The van der Waals surface area contributed by atoms with Gasteiger partial charge in [0.25, 0.3) is 0 Å². The number of sulfonamides is 2. The van der Waals surface area contributed by atoms with E-state index in [0.717, 1.165) is 0 Å². The summed E-state index contributed by atoms with van der Waals surface area (Å²) in [5.41, 5.74) is 0. The molecule has 0 atom stereocenters. The third-order valence-corrected chi connectivity index (χ3v) is 6.00. The minimum atomic E-state index is -4.07. The van der Waals surface area contributed by atoms with E-state index in [1.165, 1.54) is 13.8 Å². The van der Waals surface area contributed by atoms with Crippen LogP contribution in [-0.2, 0) is 29.6 Å². The van der Waals surface area contributed by atoms with E-state index < -0.39 is 28.7 Å². The Labute approximate surface area is 165 Å². The van der Waals surface area contributed by atoms with Crippen LogP contribution in [0.4, 0.5) is 10.3 Å². The Morgan fingerprint density at radius 1 is 0.778 bits per heavy atom. The van der Waals surface area contributed by atoms with Crippen LogP contribution in [0.5, 0.6) is 0 Å². The Balaban J connectivity index is 0.000000483. The van der Waals surface area contributed by atoms with E-state index in [1.807, 2.05) is 0 Å². The number of amides is 2. The predicted octanol–water partition coefficient (Wildman–Crippen LogP) is 0.0940. The first-order valence-corrected chi connectivity index (χ1v) is 10.6. The maximum absolute atomic E-state index is 10.6. The second-order valence-corrected chi connectivity index (χ2v) is 9.37. The van der Waals surface area contributed by atoms with Crippen LogP contribution in [0.2, 0.25) is 0 Å². The number of carbonyl (C=O) groups is 2. The topological polar surface area (TPSA) is 226 Å². The average Bonchev–Trinajstić information content (AvgIpc) is 3.06. The van der Waals surface area contributed by atoms with Gasteiger partial charge in [-0.15, -0.1) is 20.4 Å². The number of hydrogen-bond donors (Lipinski definition) is 2. The quantitative estimate of drug-likeness (QED) is 0.470. The molecule has 14 nitrogen and oxygen atoms in total. The molecule has 2 aromatic heterocycles. The number of carbonyl (C=O) groups excluding carboxylic acids is 2. The first-order valence-electron chi connectivity index (χ1n) is 6.00. The van der Waals surface area contributed by atoms with Crippen LogP contribution in [0.1, 0.15) is 13.8 Å². The van der Waals surface area contributed by atoms with E-state index in [0.29, 0.717) is 22.7 Å². The molecule has 2 aromatic rings. The number of nitrogens with zero attached hydrogens (tertiary/aromatic N) is 4. The minimum absolute atomic E-state index is 0. The van der Waals surface area contributed by atoms with E-state index in [9.17, 15) is 26.4 Å². The molecule has 2 rings (SSSR count). The summed E-state index contributed by atoms with van der Waals surface area (Å²) in [5, 5.41) is 31.1. The Morgan fingerprint density at radius 2 is 1.07 bits per heavy atom. The molecule has 2 amide bonds. The van der Waals surface area contributed by atoms with E-state index in [-0.39, 0.29) is 32.2 Å². The van der Waals surface area contributed by atoms with E-state index in [2.05, 4.69) is 31.0 Å². The van der Waals surface area contributed by atoms with Crippen molar-refractivity contribution in [3.05, 3.63) is 10.3 Å². The van der Waals surface area contributed by atoms with Gasteiger partial charge in [-0.05, 0) is 0 Å². The van der Waals surface area contributed by atoms with Crippen LogP contribution < -0.4 is 10.6 Å². The van der Waals surface area contributed by atoms with Crippen molar-refractivity contribution in [3.8, 4) is 0 Å². The van der Waals surface area contributed by atoms with Crippen molar-refractivity contribution in [2.24, 2.45) is 0 Å². The van der Waals surface area contributed by atoms with Gasteiger partial charge in [0, 0.05) is 13.8 Å². The van der Waals surface area contributed by atoms with Crippen LogP contribution in [0.15, 0.2) is 8.68 Å². The molecule has 19 heteroatoms. The Kier molecular flexibility index (Phi) is 9.12. The fourth-order valence-corrected chi connectivity index (χ4v) is 3.73. The molecule has 144 valence electrons. The van der Waals surface area contributed by atoms with Crippen molar-refractivity contribution in [2.75, 3.05) is 10.6 Å². The van der Waals surface area contributed by atoms with Crippen molar-refractivity contribution in [1.82, 2.24) is 20.4 Å². The van der Waals surface area contributed by atoms with Gasteiger partial charge in [-0.2, -0.15) is 0 Å². The predicted molar refractivity (Wildman–Crippen MR) is 97.2 cm³/mol. The summed E-state index contributed by atoms with van der Waals surface area (Å²) in [4.78, 5) is 21.0. The number of anilines is 2. The summed E-state index contributed by atoms with van der Waals surface area (Å²) >= 11 is 1.28. The third kappa shape index (κ3) is 9.00. The molecule has 27 heavy (non-hydrogen) atoms. The number of hydrogen-bond acceptors (Lipinski definition) is 12. The number of rotatable bonds is 4. The van der Waals surface area contributed by atoms with Gasteiger partial charge in [-0.25, -0.2) is 16.8 Å². The molecular weight excluding hydrogens is 441 g/mol. The Morgan fingerprint density at radius 3 is 1.26 bits per heavy atom. The van der Waals surface area contributed by atoms with E-state index >= 15 is 0 Å². The Bertz CT molecular complexity index is 933. The summed E-state index contributed by atoms with van der Waals surface area (Å²) in [5.74, 6) is -0.741. The molecule has 4 N–H and O–H groups in total. The first-order chi connectivity index (χ1) is 11.8. The maximum Gasteiger partial charge on any atom is 2.00 e. The molecule has 2 heterocycles. The van der Waals surface area contributed by atoms with Gasteiger partial charge in [0.05, 0.1) is 0 Å². The minimum Gasteiger partial charge on any atom is -0.558 e. The summed E-state index contributed by atoms with van der Waals surface area (Å²) in [7, 11) is -8.15. The van der Waals surface area contributed by atoms with Gasteiger partial charge < -0.3 is 20.9 Å². The second-order valence-electron chi connectivity index (χ2n) is 4.12. The molecule has 0 aliphatic carbocycles. The van der Waals surface area contributed by atoms with Crippen molar-refractivity contribution in [1.29, 1.82) is 0 Å². The monoisotopic (exact) mass is 451 g/mol. The van der Waals surface area contributed by atoms with Crippen LogP contribution in [0.25, 0.3) is 10.3 Å². The van der Waals surface area contributed by atoms with E-state index in [1.54, 1.807) is 0 Å². The normalized spacial score (nSPS) is 10.8. The number of nitrogens with one attached hydrogen (secondary N) is 4. The molecule has 0 fully saturated rings. The van der Waals surface area contributed by atoms with Crippen LogP contribution >= 0.6 is 22.7 Å². The van der Waals surface area contributed by atoms with Gasteiger partial charge >= 0.3 is 10.1 Å². The molecular formula is C8H10BeN8O6S4. The fraction of sp³-hybridized carbons (Fsp3) is 0.250. The van der Waals surface area contributed by atoms with Gasteiger partial charge in [0.15, 0.2) is 0 Å². The largest absolute Gasteiger partial charge is 2.00 e. The van der Waals surface area contributed by atoms with Gasteiger partial charge in [-0.1, -0.05) is 22.7 Å². The summed E-state index contributed by atoms with van der Waals surface area (Å²) < 4.78 is 41.5. The molecule has 0 saturated carbocycles. The standard InChI is InChI=1S/2C4H6N4O3S2.Be/c2*1-2(9)6-3-7-8-4(12-3)13(5,10)11;/h2*1H3,(H3,5,6,7,9,10,11);/q;;+2/p-2. The fourth-order valence-electron chi connectivity index (χ4n) is 1.04. The Hall–Kier alpha value is -1.95. The molecule has 0 spiro atoms. The van der Waals surface area contributed by atoms with Gasteiger partial charge in [0.2, 0.25) is 30.8 Å². The zero-order valence-electron chi connectivity index (χ0n) is 13.6. The van der Waals surface area contributed by atoms with Gasteiger partial charge in [0.1, 0.15) is 20.0 Å². The van der Waals surface area contributed by atoms with E-state index in [4.69, 9.17) is 10.3 Å². The molecule has 0 aromatic carbocycles. The zero-order valence-corrected chi connectivity index (χ0v) is 16.8. The SMILES string of the molecule is CC(=O)Nc1nnc(S([NH-])(=O)=O)s1.CC(=O)Nc1nnc(S([NH-])(=O)=O)s1.[Be+2]. The van der Waals surface area contributed by atoms with Crippen molar-refractivity contribution < 1.29 is 26.4 Å². The summed E-state index contributed by atoms with van der Waals surface area (Å²) in [6, 6.07) is 0. The maximum atomic E-state index is 10.6. The number of aromatic nitrogens is 4. The average molecular weight is 451 g/mol. The first kappa shape index (κ1) is 25.0. The smallest absolute Gasteiger partial charge is 0.558 e. The molecule has 0 unspecified atom stereocenters. The summed E-state index contributed by atoms with van der Waals surface area (Å²) in [6.07, 6.45) is 0. The molecule has 0 aliphatic heterocycles. The summed E-state index contributed by atoms with van der Waals surface area (Å²) in [6.45, 7) is 2.52. The zero-order chi connectivity index (χ0) is 20.1. The van der Waals surface area contributed by atoms with Gasteiger partial charge in [-0.3, -0.25) is 9.59 Å². The molecule has 0 radical (unpaired) electrons. The molecule has 0 bridgehead atoms. The van der Waals surface area contributed by atoms with Crippen molar-refractivity contribution in [3.63, 3.8) is 0 Å². The molecule has 0 saturated heterocycles.